The van der Waals surface area contributed by atoms with E-state index < -0.39 is 12.1 Å². The molecule has 22 heavy (non-hydrogen) atoms. The molecule has 0 fully saturated rings. The zero-order valence-corrected chi connectivity index (χ0v) is 13.1. The number of benzene rings is 1. The first kappa shape index (κ1) is 14.8. The highest BCUT2D eigenvalue weighted by atomic mass is 32.1. The van der Waals surface area contributed by atoms with Crippen LogP contribution in [0.1, 0.15) is 32.6 Å². The number of hydrogen-bond donors (Lipinski definition) is 1. The molecule has 1 unspecified atom stereocenters. The Morgan fingerprint density at radius 2 is 2.05 bits per heavy atom. The quantitative estimate of drug-likeness (QED) is 0.883. The number of rotatable bonds is 4. The van der Waals surface area contributed by atoms with E-state index in [0.29, 0.717) is 18.5 Å². The Bertz CT molecular complexity index is 707. The number of carbonyl (C=O) groups is 2. The summed E-state index contributed by atoms with van der Waals surface area (Å²) >= 11 is 1.69. The lowest BCUT2D eigenvalue weighted by atomic mass is 9.98. The lowest BCUT2D eigenvalue weighted by Gasteiger charge is -2.23. The average Bonchev–Trinajstić information content (AvgIpc) is 3.00. The monoisotopic (exact) mass is 315 g/mol. The van der Waals surface area contributed by atoms with E-state index in [1.54, 1.807) is 23.5 Å². The fraction of sp³-hybridized carbons (Fsp3) is 0.294. The van der Waals surface area contributed by atoms with E-state index in [1.165, 1.54) is 4.88 Å². The number of thiophene rings is 1. The first-order valence-corrected chi connectivity index (χ1v) is 8.13. The summed E-state index contributed by atoms with van der Waals surface area (Å²) < 4.78 is 5.24. The maximum atomic E-state index is 12.2. The molecule has 1 atom stereocenters. The van der Waals surface area contributed by atoms with Crippen molar-refractivity contribution < 1.29 is 14.3 Å². The van der Waals surface area contributed by atoms with Crippen LogP contribution in [-0.2, 0) is 28.9 Å². The molecule has 0 spiro atoms. The Morgan fingerprint density at radius 3 is 2.82 bits per heavy atom. The molecule has 1 amide bonds. The number of cyclic esters (lactones) is 1. The van der Waals surface area contributed by atoms with Crippen molar-refractivity contribution in [2.75, 3.05) is 0 Å². The van der Waals surface area contributed by atoms with E-state index in [9.17, 15) is 9.59 Å². The Morgan fingerprint density at radius 1 is 1.27 bits per heavy atom. The maximum Gasteiger partial charge on any atom is 0.339 e. The van der Waals surface area contributed by atoms with Crippen LogP contribution in [0.25, 0.3) is 0 Å². The summed E-state index contributed by atoms with van der Waals surface area (Å²) in [6.45, 7) is 2.58. The second-order valence-electron chi connectivity index (χ2n) is 5.19. The van der Waals surface area contributed by atoms with Crippen LogP contribution in [0.15, 0.2) is 36.4 Å². The standard InChI is InChI=1S/C17H17NO3S/c1-2-12-7-8-13(22-12)10-18-16(19)15-9-11-5-3-4-6-14(11)17(20)21-15/h3-8,15H,2,9-10H2,1H3,(H,18,19). The van der Waals surface area contributed by atoms with Crippen LogP contribution in [0, 0.1) is 0 Å². The molecule has 1 aliphatic heterocycles. The van der Waals surface area contributed by atoms with Gasteiger partial charge >= 0.3 is 5.97 Å². The third-order valence-electron chi connectivity index (χ3n) is 3.69. The second kappa shape index (κ2) is 6.32. The van der Waals surface area contributed by atoms with Crippen LogP contribution in [0.3, 0.4) is 0 Å². The van der Waals surface area contributed by atoms with Crippen molar-refractivity contribution in [2.45, 2.75) is 32.4 Å². The Hall–Kier alpha value is -2.14. The van der Waals surface area contributed by atoms with E-state index in [0.717, 1.165) is 16.9 Å². The van der Waals surface area contributed by atoms with E-state index in [-0.39, 0.29) is 5.91 Å². The Balaban J connectivity index is 1.63. The molecule has 1 N–H and O–H groups in total. The second-order valence-corrected chi connectivity index (χ2v) is 6.45. The molecule has 1 aromatic carbocycles. The summed E-state index contributed by atoms with van der Waals surface area (Å²) in [5, 5.41) is 2.85. The van der Waals surface area contributed by atoms with Gasteiger partial charge in [0.1, 0.15) is 0 Å². The Kier molecular flexibility index (Phi) is 4.24. The number of hydrogen-bond acceptors (Lipinski definition) is 4. The largest absolute Gasteiger partial charge is 0.448 e. The zero-order chi connectivity index (χ0) is 15.5. The summed E-state index contributed by atoms with van der Waals surface area (Å²) in [6, 6.07) is 11.3. The fourth-order valence-corrected chi connectivity index (χ4v) is 3.37. The summed E-state index contributed by atoms with van der Waals surface area (Å²) in [5.74, 6) is -0.666. The predicted octanol–water partition coefficient (Wildman–Crippen LogP) is 2.71. The van der Waals surface area contributed by atoms with Crippen LogP contribution in [0.2, 0.25) is 0 Å². The maximum absolute atomic E-state index is 12.2. The summed E-state index contributed by atoms with van der Waals surface area (Å²) in [6.07, 6.45) is 0.682. The molecule has 0 aliphatic carbocycles. The molecule has 0 bridgehead atoms. The third-order valence-corrected chi connectivity index (χ3v) is 4.92. The molecule has 3 rings (SSSR count). The van der Waals surface area contributed by atoms with Crippen molar-refractivity contribution >= 4 is 23.2 Å². The lowest BCUT2D eigenvalue weighted by Crippen LogP contribution is -2.41. The van der Waals surface area contributed by atoms with Gasteiger partial charge in [0.05, 0.1) is 12.1 Å². The van der Waals surface area contributed by atoms with Crippen LogP contribution >= 0.6 is 11.3 Å². The van der Waals surface area contributed by atoms with Crippen LogP contribution < -0.4 is 5.32 Å². The molecule has 1 aromatic heterocycles. The molecule has 4 nitrogen and oxygen atoms in total. The van der Waals surface area contributed by atoms with Crippen LogP contribution in [0.4, 0.5) is 0 Å². The summed E-state index contributed by atoms with van der Waals surface area (Å²) in [7, 11) is 0. The van der Waals surface area contributed by atoms with Gasteiger partial charge in [0, 0.05) is 16.2 Å². The predicted molar refractivity (Wildman–Crippen MR) is 84.9 cm³/mol. The van der Waals surface area contributed by atoms with Crippen molar-refractivity contribution in [3.8, 4) is 0 Å². The van der Waals surface area contributed by atoms with Gasteiger partial charge in [-0.1, -0.05) is 25.1 Å². The number of nitrogens with one attached hydrogen (secondary N) is 1. The van der Waals surface area contributed by atoms with Crippen molar-refractivity contribution in [1.82, 2.24) is 5.32 Å². The van der Waals surface area contributed by atoms with Gasteiger partial charge in [-0.2, -0.15) is 0 Å². The van der Waals surface area contributed by atoms with Crippen molar-refractivity contribution in [1.29, 1.82) is 0 Å². The number of fused-ring (bicyclic) bond motifs is 1. The van der Waals surface area contributed by atoms with Gasteiger partial charge in [0.15, 0.2) is 6.10 Å². The smallest absolute Gasteiger partial charge is 0.339 e. The van der Waals surface area contributed by atoms with Gasteiger partial charge in [-0.05, 0) is 30.2 Å². The normalized spacial score (nSPS) is 16.8. The molecule has 0 saturated carbocycles. The van der Waals surface area contributed by atoms with Gasteiger partial charge in [0.2, 0.25) is 0 Å². The molecule has 0 radical (unpaired) electrons. The molecular formula is C17H17NO3S. The van der Waals surface area contributed by atoms with E-state index in [1.807, 2.05) is 18.2 Å². The summed E-state index contributed by atoms with van der Waals surface area (Å²) in [4.78, 5) is 26.5. The number of ether oxygens (including phenoxy) is 1. The molecule has 5 heteroatoms. The Labute approximate surface area is 133 Å². The van der Waals surface area contributed by atoms with Crippen molar-refractivity contribution in [3.63, 3.8) is 0 Å². The zero-order valence-electron chi connectivity index (χ0n) is 12.3. The van der Waals surface area contributed by atoms with Crippen LogP contribution in [0.5, 0.6) is 0 Å². The number of aryl methyl sites for hydroxylation is 1. The molecular weight excluding hydrogens is 298 g/mol. The van der Waals surface area contributed by atoms with Gasteiger partial charge in [-0.3, -0.25) is 4.79 Å². The fourth-order valence-electron chi connectivity index (χ4n) is 2.47. The van der Waals surface area contributed by atoms with Crippen molar-refractivity contribution in [3.05, 3.63) is 57.3 Å². The molecule has 114 valence electrons. The SMILES string of the molecule is CCc1ccc(CNC(=O)C2Cc3ccccc3C(=O)O2)s1. The molecule has 0 saturated heterocycles. The van der Waals surface area contributed by atoms with Gasteiger partial charge in [-0.25, -0.2) is 4.79 Å². The first-order chi connectivity index (χ1) is 10.7. The minimum atomic E-state index is -0.743. The number of carbonyl (C=O) groups excluding carboxylic acids is 2. The molecule has 2 heterocycles. The number of esters is 1. The van der Waals surface area contributed by atoms with Gasteiger partial charge < -0.3 is 10.1 Å². The van der Waals surface area contributed by atoms with E-state index in [4.69, 9.17) is 4.74 Å². The molecule has 1 aliphatic rings. The third kappa shape index (κ3) is 3.04. The summed E-state index contributed by atoms with van der Waals surface area (Å²) in [5.41, 5.74) is 1.42. The average molecular weight is 315 g/mol. The topological polar surface area (TPSA) is 55.4 Å². The van der Waals surface area contributed by atoms with Gasteiger partial charge in [0.25, 0.3) is 5.91 Å². The lowest BCUT2D eigenvalue weighted by molar-refractivity contribution is -0.130. The highest BCUT2D eigenvalue weighted by Gasteiger charge is 2.30. The minimum absolute atomic E-state index is 0.241. The molecule has 2 aromatic rings. The van der Waals surface area contributed by atoms with Crippen molar-refractivity contribution in [2.24, 2.45) is 0 Å². The first-order valence-electron chi connectivity index (χ1n) is 7.31. The van der Waals surface area contributed by atoms with E-state index in [2.05, 4.69) is 18.3 Å². The highest BCUT2D eigenvalue weighted by molar-refractivity contribution is 7.11. The minimum Gasteiger partial charge on any atom is -0.448 e. The highest BCUT2D eigenvalue weighted by Crippen LogP contribution is 2.21. The van der Waals surface area contributed by atoms with E-state index >= 15 is 0 Å². The van der Waals surface area contributed by atoms with Gasteiger partial charge in [-0.15, -0.1) is 11.3 Å². The van der Waals surface area contributed by atoms with Crippen LogP contribution in [-0.4, -0.2) is 18.0 Å². The number of amides is 1.